The van der Waals surface area contributed by atoms with Crippen LogP contribution >= 0.6 is 0 Å². The number of aromatic amines is 2. The molecule has 0 unspecified atom stereocenters. The van der Waals surface area contributed by atoms with Gasteiger partial charge in [0.25, 0.3) is 5.56 Å². The van der Waals surface area contributed by atoms with Gasteiger partial charge in [0.05, 0.1) is 0 Å². The second-order valence-electron chi connectivity index (χ2n) is 4.79. The molecular formula is C14H15F2N3O3. The molecule has 1 amide bonds. The van der Waals surface area contributed by atoms with Gasteiger partial charge in [0.1, 0.15) is 5.75 Å². The van der Waals surface area contributed by atoms with Crippen LogP contribution in [-0.4, -0.2) is 22.7 Å². The minimum atomic E-state index is -2.96. The Morgan fingerprint density at radius 1 is 1.36 bits per heavy atom. The Morgan fingerprint density at radius 2 is 2.09 bits per heavy atom. The maximum absolute atomic E-state index is 12.3. The van der Waals surface area contributed by atoms with Gasteiger partial charge >= 0.3 is 6.61 Å². The van der Waals surface area contributed by atoms with E-state index in [-0.39, 0.29) is 17.7 Å². The Kier molecular flexibility index (Phi) is 4.59. The fraction of sp³-hybridized carbons (Fsp3) is 0.286. The molecule has 0 spiro atoms. The number of primary amides is 1. The monoisotopic (exact) mass is 311 g/mol. The summed E-state index contributed by atoms with van der Waals surface area (Å²) in [6, 6.07) is 5.87. The topological polar surface area (TPSA) is 101 Å². The molecule has 22 heavy (non-hydrogen) atoms. The lowest BCUT2D eigenvalue weighted by atomic mass is 9.88. The van der Waals surface area contributed by atoms with Gasteiger partial charge in [0, 0.05) is 23.6 Å². The number of nitrogens with two attached hydrogens (primary N) is 1. The highest BCUT2D eigenvalue weighted by molar-refractivity contribution is 5.75. The van der Waals surface area contributed by atoms with E-state index in [0.29, 0.717) is 16.8 Å². The number of aromatic nitrogens is 2. The standard InChI is InChI=1S/C14H15F2N3O3/c1-7-12(13(21)19-18-7)10(6-11(17)20)8-3-2-4-9(5-8)22-14(15)16/h2-5,10,14H,6H2,1H3,(H2,17,20)(H2,18,19,21)/t10-/m0/s1. The van der Waals surface area contributed by atoms with E-state index in [9.17, 15) is 18.4 Å². The first kappa shape index (κ1) is 15.7. The fourth-order valence-electron chi connectivity index (χ4n) is 2.37. The lowest BCUT2D eigenvalue weighted by molar-refractivity contribution is -0.118. The lowest BCUT2D eigenvalue weighted by Crippen LogP contribution is -2.20. The fourth-order valence-corrected chi connectivity index (χ4v) is 2.37. The normalized spacial score (nSPS) is 12.4. The second-order valence-corrected chi connectivity index (χ2v) is 4.79. The van der Waals surface area contributed by atoms with Gasteiger partial charge in [-0.2, -0.15) is 8.78 Å². The van der Waals surface area contributed by atoms with Crippen LogP contribution in [0, 0.1) is 6.92 Å². The van der Waals surface area contributed by atoms with Crippen LogP contribution in [0.5, 0.6) is 5.75 Å². The first-order chi connectivity index (χ1) is 10.4. The molecule has 1 aromatic heterocycles. The van der Waals surface area contributed by atoms with E-state index >= 15 is 0 Å². The maximum Gasteiger partial charge on any atom is 0.387 e. The molecule has 118 valence electrons. The van der Waals surface area contributed by atoms with Crippen LogP contribution in [0.4, 0.5) is 8.78 Å². The first-order valence-electron chi connectivity index (χ1n) is 6.48. The average molecular weight is 311 g/mol. The van der Waals surface area contributed by atoms with Crippen molar-refractivity contribution in [2.45, 2.75) is 25.9 Å². The minimum Gasteiger partial charge on any atom is -0.435 e. The summed E-state index contributed by atoms with van der Waals surface area (Å²) >= 11 is 0. The van der Waals surface area contributed by atoms with Gasteiger partial charge < -0.3 is 15.6 Å². The van der Waals surface area contributed by atoms with E-state index in [1.165, 1.54) is 18.2 Å². The maximum atomic E-state index is 12.3. The van der Waals surface area contributed by atoms with Gasteiger partial charge in [0.15, 0.2) is 0 Å². The number of nitrogens with one attached hydrogen (secondary N) is 2. The molecule has 2 aromatic rings. The number of benzene rings is 1. The number of alkyl halides is 2. The molecule has 0 aliphatic carbocycles. The summed E-state index contributed by atoms with van der Waals surface area (Å²) in [7, 11) is 0. The van der Waals surface area contributed by atoms with E-state index in [1.807, 2.05) is 0 Å². The third-order valence-electron chi connectivity index (χ3n) is 3.25. The quantitative estimate of drug-likeness (QED) is 0.755. The number of aryl methyl sites for hydroxylation is 1. The number of H-pyrrole nitrogens is 2. The predicted molar refractivity (Wildman–Crippen MR) is 74.9 cm³/mol. The summed E-state index contributed by atoms with van der Waals surface area (Å²) in [5, 5.41) is 5.09. The Bertz CT molecular complexity index is 724. The van der Waals surface area contributed by atoms with Crippen LogP contribution in [0.15, 0.2) is 29.1 Å². The Hall–Kier alpha value is -2.64. The summed E-state index contributed by atoms with van der Waals surface area (Å²) in [4.78, 5) is 23.2. The molecule has 0 saturated heterocycles. The molecule has 2 rings (SSSR count). The number of carbonyl (C=O) groups excluding carboxylic acids is 1. The molecule has 0 radical (unpaired) electrons. The number of halogens is 2. The van der Waals surface area contributed by atoms with Gasteiger partial charge in [-0.25, -0.2) is 0 Å². The van der Waals surface area contributed by atoms with Crippen molar-refractivity contribution in [1.82, 2.24) is 10.2 Å². The molecule has 1 heterocycles. The van der Waals surface area contributed by atoms with E-state index in [2.05, 4.69) is 14.9 Å². The molecule has 0 fully saturated rings. The number of hydrogen-bond donors (Lipinski definition) is 3. The summed E-state index contributed by atoms with van der Waals surface area (Å²) < 4.78 is 29.0. The Balaban J connectivity index is 2.46. The van der Waals surface area contributed by atoms with Gasteiger partial charge in [0.2, 0.25) is 5.91 Å². The third kappa shape index (κ3) is 3.51. The highest BCUT2D eigenvalue weighted by Gasteiger charge is 2.23. The van der Waals surface area contributed by atoms with Crippen LogP contribution in [0.3, 0.4) is 0 Å². The van der Waals surface area contributed by atoms with Crippen LogP contribution < -0.4 is 16.0 Å². The molecule has 4 N–H and O–H groups in total. The van der Waals surface area contributed by atoms with E-state index < -0.39 is 18.4 Å². The zero-order chi connectivity index (χ0) is 16.3. The number of ether oxygens (including phenoxy) is 1. The van der Waals surface area contributed by atoms with Gasteiger partial charge in [-0.3, -0.25) is 14.7 Å². The molecule has 0 aliphatic heterocycles. The summed E-state index contributed by atoms with van der Waals surface area (Å²) in [5.41, 5.74) is 6.24. The highest BCUT2D eigenvalue weighted by Crippen LogP contribution is 2.30. The van der Waals surface area contributed by atoms with Crippen LogP contribution in [0.1, 0.15) is 29.2 Å². The second kappa shape index (κ2) is 6.42. The number of rotatable bonds is 6. The SMILES string of the molecule is Cc1[nH][nH]c(=O)c1[C@@H](CC(N)=O)c1cccc(OC(F)F)c1. The number of amides is 1. The molecule has 0 saturated carbocycles. The Labute approximate surface area is 124 Å². The van der Waals surface area contributed by atoms with Crippen molar-refractivity contribution in [3.8, 4) is 5.75 Å². The van der Waals surface area contributed by atoms with E-state index in [1.54, 1.807) is 13.0 Å². The molecular weight excluding hydrogens is 296 g/mol. The van der Waals surface area contributed by atoms with Crippen molar-refractivity contribution in [3.63, 3.8) is 0 Å². The van der Waals surface area contributed by atoms with Crippen molar-refractivity contribution in [2.24, 2.45) is 5.73 Å². The van der Waals surface area contributed by atoms with Crippen molar-refractivity contribution >= 4 is 5.91 Å². The minimum absolute atomic E-state index is 0.0495. The van der Waals surface area contributed by atoms with Gasteiger partial charge in [-0.1, -0.05) is 12.1 Å². The Morgan fingerprint density at radius 3 is 2.64 bits per heavy atom. The van der Waals surface area contributed by atoms with Gasteiger partial charge in [-0.05, 0) is 24.6 Å². The van der Waals surface area contributed by atoms with E-state index in [0.717, 1.165) is 0 Å². The number of hydrogen-bond acceptors (Lipinski definition) is 3. The van der Waals surface area contributed by atoms with E-state index in [4.69, 9.17) is 5.73 Å². The third-order valence-corrected chi connectivity index (χ3v) is 3.25. The van der Waals surface area contributed by atoms with Crippen molar-refractivity contribution in [3.05, 3.63) is 51.4 Å². The molecule has 0 bridgehead atoms. The summed E-state index contributed by atoms with van der Waals surface area (Å²) in [6.07, 6.45) is -0.125. The smallest absolute Gasteiger partial charge is 0.387 e. The molecule has 0 aliphatic rings. The predicted octanol–water partition coefficient (Wildman–Crippen LogP) is 1.62. The summed E-state index contributed by atoms with van der Waals surface area (Å²) in [5.74, 6) is -1.30. The number of carbonyl (C=O) groups is 1. The van der Waals surface area contributed by atoms with Crippen molar-refractivity contribution < 1.29 is 18.3 Å². The van der Waals surface area contributed by atoms with Gasteiger partial charge in [-0.15, -0.1) is 0 Å². The van der Waals surface area contributed by atoms with Crippen molar-refractivity contribution in [1.29, 1.82) is 0 Å². The zero-order valence-electron chi connectivity index (χ0n) is 11.7. The first-order valence-corrected chi connectivity index (χ1v) is 6.48. The molecule has 1 aromatic carbocycles. The zero-order valence-corrected chi connectivity index (χ0v) is 11.7. The van der Waals surface area contributed by atoms with Crippen LogP contribution in [0.25, 0.3) is 0 Å². The lowest BCUT2D eigenvalue weighted by Gasteiger charge is -2.16. The van der Waals surface area contributed by atoms with Crippen molar-refractivity contribution in [2.75, 3.05) is 0 Å². The molecule has 6 nitrogen and oxygen atoms in total. The highest BCUT2D eigenvalue weighted by atomic mass is 19.3. The average Bonchev–Trinajstić information content (AvgIpc) is 2.75. The molecule has 1 atom stereocenters. The van der Waals surface area contributed by atoms with Crippen LogP contribution in [0.2, 0.25) is 0 Å². The summed E-state index contributed by atoms with van der Waals surface area (Å²) in [6.45, 7) is -1.29. The largest absolute Gasteiger partial charge is 0.435 e. The van der Waals surface area contributed by atoms with Crippen LogP contribution in [-0.2, 0) is 4.79 Å². The molecule has 8 heteroatoms.